The van der Waals surface area contributed by atoms with Crippen molar-refractivity contribution in [3.8, 4) is 0 Å². The summed E-state index contributed by atoms with van der Waals surface area (Å²) in [5.41, 5.74) is 0. The summed E-state index contributed by atoms with van der Waals surface area (Å²) in [6.07, 6.45) is 1.80. The molecule has 0 spiro atoms. The molecule has 1 aromatic rings. The second kappa shape index (κ2) is 7.32. The summed E-state index contributed by atoms with van der Waals surface area (Å²) in [5.74, 6) is -2.87. The highest BCUT2D eigenvalue weighted by Crippen LogP contribution is 2.14. The van der Waals surface area contributed by atoms with Crippen LogP contribution in [0.25, 0.3) is 0 Å². The van der Waals surface area contributed by atoms with E-state index in [-0.39, 0.29) is 25.1 Å². The van der Waals surface area contributed by atoms with Gasteiger partial charge in [-0.3, -0.25) is 9.59 Å². The van der Waals surface area contributed by atoms with Crippen molar-refractivity contribution in [3.05, 3.63) is 24.2 Å². The third-order valence-electron chi connectivity index (χ3n) is 2.78. The van der Waals surface area contributed by atoms with Gasteiger partial charge in [0, 0.05) is 6.54 Å². The number of carbonyl (C=O) groups is 3. The lowest BCUT2D eigenvalue weighted by molar-refractivity contribution is -0.144. The van der Waals surface area contributed by atoms with E-state index in [1.807, 2.05) is 0 Å². The normalized spacial score (nSPS) is 11.8. The third-order valence-corrected chi connectivity index (χ3v) is 2.78. The Bertz CT molecular complexity index is 467. The molecule has 0 fully saturated rings. The Labute approximate surface area is 115 Å². The first-order chi connectivity index (χ1) is 9.47. The number of nitrogens with zero attached hydrogens (tertiary/aromatic N) is 1. The molecule has 110 valence electrons. The molecule has 2 N–H and O–H groups in total. The molecule has 0 aliphatic rings. The van der Waals surface area contributed by atoms with Gasteiger partial charge in [-0.2, -0.15) is 0 Å². The van der Waals surface area contributed by atoms with Crippen LogP contribution in [-0.2, 0) is 9.59 Å². The number of furan rings is 1. The molecule has 7 nitrogen and oxygen atoms in total. The van der Waals surface area contributed by atoms with E-state index in [0.29, 0.717) is 6.42 Å². The van der Waals surface area contributed by atoms with Gasteiger partial charge < -0.3 is 19.5 Å². The van der Waals surface area contributed by atoms with Crippen molar-refractivity contribution < 1.29 is 29.0 Å². The van der Waals surface area contributed by atoms with Gasteiger partial charge in [-0.15, -0.1) is 0 Å². The van der Waals surface area contributed by atoms with Gasteiger partial charge in [-0.25, -0.2) is 4.79 Å². The van der Waals surface area contributed by atoms with Crippen LogP contribution in [0, 0.1) is 0 Å². The minimum atomic E-state index is -1.16. The van der Waals surface area contributed by atoms with E-state index in [1.54, 1.807) is 6.92 Å². The number of hydrogen-bond acceptors (Lipinski definition) is 4. The number of carboxylic acids is 2. The Hall–Kier alpha value is -2.31. The number of carboxylic acid groups (broad SMARTS) is 2. The first kappa shape index (κ1) is 15.7. The summed E-state index contributed by atoms with van der Waals surface area (Å²) in [6.45, 7) is 1.62. The van der Waals surface area contributed by atoms with E-state index in [4.69, 9.17) is 9.52 Å². The van der Waals surface area contributed by atoms with Crippen LogP contribution in [0.2, 0.25) is 0 Å². The van der Waals surface area contributed by atoms with Crippen molar-refractivity contribution in [1.29, 1.82) is 0 Å². The highest BCUT2D eigenvalue weighted by Gasteiger charge is 2.31. The van der Waals surface area contributed by atoms with Gasteiger partial charge in [0.05, 0.1) is 12.7 Å². The first-order valence-corrected chi connectivity index (χ1v) is 6.26. The molecule has 1 unspecified atom stereocenters. The molecule has 0 aromatic carbocycles. The molecule has 0 saturated carbocycles. The molecule has 1 amide bonds. The maximum Gasteiger partial charge on any atom is 0.326 e. The van der Waals surface area contributed by atoms with E-state index in [2.05, 4.69) is 0 Å². The average molecular weight is 283 g/mol. The zero-order valence-corrected chi connectivity index (χ0v) is 11.1. The molecule has 0 saturated heterocycles. The average Bonchev–Trinajstić information content (AvgIpc) is 2.90. The van der Waals surface area contributed by atoms with Crippen molar-refractivity contribution in [2.45, 2.75) is 32.2 Å². The van der Waals surface area contributed by atoms with E-state index in [0.717, 1.165) is 4.90 Å². The number of amides is 1. The zero-order valence-electron chi connectivity index (χ0n) is 11.1. The quantitative estimate of drug-likeness (QED) is 0.747. The molecule has 7 heteroatoms. The van der Waals surface area contributed by atoms with Gasteiger partial charge >= 0.3 is 11.9 Å². The summed E-state index contributed by atoms with van der Waals surface area (Å²) < 4.78 is 4.96. The van der Waals surface area contributed by atoms with E-state index in [9.17, 15) is 19.5 Å². The van der Waals surface area contributed by atoms with Crippen LogP contribution < -0.4 is 0 Å². The van der Waals surface area contributed by atoms with Crippen molar-refractivity contribution in [2.75, 3.05) is 6.54 Å². The molecule has 0 radical (unpaired) electrons. The predicted octanol–water partition coefficient (Wildman–Crippen LogP) is 1.45. The van der Waals surface area contributed by atoms with Crippen LogP contribution in [-0.4, -0.2) is 45.5 Å². The highest BCUT2D eigenvalue weighted by molar-refractivity contribution is 5.94. The van der Waals surface area contributed by atoms with Gasteiger partial charge in [-0.1, -0.05) is 13.3 Å². The van der Waals surface area contributed by atoms with E-state index >= 15 is 0 Å². The fourth-order valence-electron chi connectivity index (χ4n) is 1.84. The minimum Gasteiger partial charge on any atom is -0.481 e. The molecule has 20 heavy (non-hydrogen) atoms. The lowest BCUT2D eigenvalue weighted by Crippen LogP contribution is -2.46. The second-order valence-electron chi connectivity index (χ2n) is 4.26. The molecule has 1 aromatic heterocycles. The molecule has 0 bridgehead atoms. The number of hydrogen-bond donors (Lipinski definition) is 2. The van der Waals surface area contributed by atoms with Crippen molar-refractivity contribution in [2.24, 2.45) is 0 Å². The maximum atomic E-state index is 12.2. The fourth-order valence-corrected chi connectivity index (χ4v) is 1.84. The third kappa shape index (κ3) is 4.11. The first-order valence-electron chi connectivity index (χ1n) is 6.26. The molecular weight excluding hydrogens is 266 g/mol. The van der Waals surface area contributed by atoms with Crippen molar-refractivity contribution in [1.82, 2.24) is 4.90 Å². The monoisotopic (exact) mass is 283 g/mol. The Kier molecular flexibility index (Phi) is 5.76. The van der Waals surface area contributed by atoms with Gasteiger partial charge in [0.1, 0.15) is 6.04 Å². The fraction of sp³-hybridized carbons (Fsp3) is 0.462. The Balaban J connectivity index is 2.96. The van der Waals surface area contributed by atoms with Gasteiger partial charge in [-0.05, 0) is 18.6 Å². The van der Waals surface area contributed by atoms with Crippen molar-refractivity contribution in [3.63, 3.8) is 0 Å². The Morgan fingerprint density at radius 2 is 2.05 bits per heavy atom. The molecule has 1 rings (SSSR count). The van der Waals surface area contributed by atoms with Crippen LogP contribution in [0.5, 0.6) is 0 Å². The Morgan fingerprint density at radius 3 is 2.50 bits per heavy atom. The standard InChI is InChI=1S/C13H17NO6/c1-2-4-9(13(18)19)14(7-6-11(15)16)12(17)10-5-3-8-20-10/h3,5,8-9H,2,4,6-7H2,1H3,(H,15,16)(H,18,19). The number of aliphatic carboxylic acids is 2. The van der Waals surface area contributed by atoms with Crippen LogP contribution in [0.4, 0.5) is 0 Å². The van der Waals surface area contributed by atoms with Gasteiger partial charge in [0.2, 0.25) is 0 Å². The summed E-state index contributed by atoms with van der Waals surface area (Å²) in [7, 11) is 0. The summed E-state index contributed by atoms with van der Waals surface area (Å²) in [6, 6.07) is 1.87. The second-order valence-corrected chi connectivity index (χ2v) is 4.26. The van der Waals surface area contributed by atoms with Crippen molar-refractivity contribution >= 4 is 17.8 Å². The maximum absolute atomic E-state index is 12.2. The van der Waals surface area contributed by atoms with Crippen LogP contribution >= 0.6 is 0 Å². The largest absolute Gasteiger partial charge is 0.481 e. The summed E-state index contributed by atoms with van der Waals surface area (Å²) >= 11 is 0. The lowest BCUT2D eigenvalue weighted by atomic mass is 10.1. The predicted molar refractivity (Wildman–Crippen MR) is 68.3 cm³/mol. The van der Waals surface area contributed by atoms with Crippen LogP contribution in [0.1, 0.15) is 36.7 Å². The number of carbonyl (C=O) groups excluding carboxylic acids is 1. The smallest absolute Gasteiger partial charge is 0.326 e. The molecule has 0 aliphatic carbocycles. The van der Waals surface area contributed by atoms with E-state index < -0.39 is 23.9 Å². The van der Waals surface area contributed by atoms with Gasteiger partial charge in [0.15, 0.2) is 5.76 Å². The van der Waals surface area contributed by atoms with Crippen LogP contribution in [0.3, 0.4) is 0 Å². The minimum absolute atomic E-state index is 0.00209. The lowest BCUT2D eigenvalue weighted by Gasteiger charge is -2.27. The highest BCUT2D eigenvalue weighted by atomic mass is 16.4. The molecule has 1 heterocycles. The number of rotatable bonds is 8. The van der Waals surface area contributed by atoms with Crippen LogP contribution in [0.15, 0.2) is 22.8 Å². The Morgan fingerprint density at radius 1 is 1.35 bits per heavy atom. The molecule has 0 aliphatic heterocycles. The molecular formula is C13H17NO6. The summed E-state index contributed by atoms with van der Waals surface area (Å²) in [4.78, 5) is 35.2. The zero-order chi connectivity index (χ0) is 15.1. The summed E-state index contributed by atoms with van der Waals surface area (Å²) in [5, 5.41) is 17.9. The topological polar surface area (TPSA) is 108 Å². The molecule has 1 atom stereocenters. The SMILES string of the molecule is CCCC(C(=O)O)N(CCC(=O)O)C(=O)c1ccco1. The van der Waals surface area contributed by atoms with Gasteiger partial charge in [0.25, 0.3) is 5.91 Å². The van der Waals surface area contributed by atoms with E-state index in [1.165, 1.54) is 18.4 Å².